The highest BCUT2D eigenvalue weighted by Gasteiger charge is 2.39. The van der Waals surface area contributed by atoms with Crippen LogP contribution in [0.25, 0.3) is 0 Å². The van der Waals surface area contributed by atoms with E-state index < -0.39 is 11.9 Å². The molecule has 5 nitrogen and oxygen atoms in total. The van der Waals surface area contributed by atoms with Crippen LogP contribution in [0, 0.1) is 24.7 Å². The van der Waals surface area contributed by atoms with Crippen molar-refractivity contribution in [2.75, 3.05) is 12.4 Å². The maximum Gasteiger partial charge on any atom is 0.306 e. The minimum absolute atomic E-state index is 0.0332. The largest absolute Gasteiger partial charge is 0.496 e. The topological polar surface area (TPSA) is 75.6 Å². The average Bonchev–Trinajstić information content (AvgIpc) is 2.83. The fraction of sp³-hybridized carbons (Fsp3) is 0.500. The number of carboxylic acid groups (broad SMARTS) is 1. The average molecular weight is 291 g/mol. The number of aryl methyl sites for hydroxylation is 1. The van der Waals surface area contributed by atoms with Crippen molar-refractivity contribution in [3.05, 3.63) is 23.8 Å². The van der Waals surface area contributed by atoms with Crippen LogP contribution in [0.15, 0.2) is 18.2 Å². The maximum atomic E-state index is 12.3. The van der Waals surface area contributed by atoms with Crippen LogP contribution < -0.4 is 10.1 Å². The number of hydrogen-bond donors (Lipinski definition) is 2. The summed E-state index contributed by atoms with van der Waals surface area (Å²) >= 11 is 0. The number of rotatable bonds is 4. The molecule has 1 amide bonds. The van der Waals surface area contributed by atoms with Gasteiger partial charge in [0.05, 0.1) is 13.0 Å². The minimum atomic E-state index is -0.810. The summed E-state index contributed by atoms with van der Waals surface area (Å²) in [7, 11) is 1.59. The van der Waals surface area contributed by atoms with Crippen molar-refractivity contribution >= 4 is 17.6 Å². The lowest BCUT2D eigenvalue weighted by atomic mass is 9.99. The molecule has 0 saturated heterocycles. The molecule has 1 saturated carbocycles. The number of amides is 1. The number of benzene rings is 1. The molecule has 5 heteroatoms. The number of carboxylic acids is 1. The van der Waals surface area contributed by atoms with Gasteiger partial charge in [-0.15, -0.1) is 0 Å². The molecule has 3 unspecified atom stereocenters. The van der Waals surface area contributed by atoms with Crippen molar-refractivity contribution in [2.24, 2.45) is 17.8 Å². The van der Waals surface area contributed by atoms with E-state index in [9.17, 15) is 9.59 Å². The summed E-state index contributed by atoms with van der Waals surface area (Å²) in [5.41, 5.74) is 1.67. The lowest BCUT2D eigenvalue weighted by Gasteiger charge is -2.12. The Bertz CT molecular complexity index is 555. The molecule has 0 bridgehead atoms. The summed E-state index contributed by atoms with van der Waals surface area (Å²) in [5, 5.41) is 12.0. The standard InChI is InChI=1S/C16H21NO4/c1-9-4-5-12(8-14(9)21-3)17-15(18)11-6-10(2)13(7-11)16(19)20/h4-5,8,10-11,13H,6-7H2,1-3H3,(H,17,18)(H,19,20). The maximum absolute atomic E-state index is 12.3. The first-order chi connectivity index (χ1) is 9.92. The molecule has 0 aromatic heterocycles. The third-order valence-corrected chi connectivity index (χ3v) is 4.25. The van der Waals surface area contributed by atoms with E-state index in [4.69, 9.17) is 9.84 Å². The van der Waals surface area contributed by atoms with Gasteiger partial charge >= 0.3 is 5.97 Å². The number of carbonyl (C=O) groups excluding carboxylic acids is 1. The summed E-state index contributed by atoms with van der Waals surface area (Å²) in [6.07, 6.45) is 1.02. The third kappa shape index (κ3) is 3.35. The summed E-state index contributed by atoms with van der Waals surface area (Å²) in [5.74, 6) is -0.838. The molecule has 1 aliphatic rings. The Morgan fingerprint density at radius 1 is 1.33 bits per heavy atom. The highest BCUT2D eigenvalue weighted by atomic mass is 16.5. The normalized spacial score (nSPS) is 24.6. The lowest BCUT2D eigenvalue weighted by Crippen LogP contribution is -2.21. The van der Waals surface area contributed by atoms with Crippen molar-refractivity contribution < 1.29 is 19.4 Å². The molecule has 114 valence electrons. The van der Waals surface area contributed by atoms with Gasteiger partial charge in [0, 0.05) is 17.7 Å². The highest BCUT2D eigenvalue weighted by molar-refractivity contribution is 5.93. The van der Waals surface area contributed by atoms with E-state index in [1.807, 2.05) is 26.0 Å². The molecule has 0 aliphatic heterocycles. The van der Waals surface area contributed by atoms with Gasteiger partial charge in [0.2, 0.25) is 5.91 Å². The van der Waals surface area contributed by atoms with Gasteiger partial charge in [-0.2, -0.15) is 0 Å². The number of anilines is 1. The molecule has 1 fully saturated rings. The van der Waals surface area contributed by atoms with Gasteiger partial charge < -0.3 is 15.2 Å². The Morgan fingerprint density at radius 3 is 2.62 bits per heavy atom. The van der Waals surface area contributed by atoms with Crippen LogP contribution in [0.2, 0.25) is 0 Å². The van der Waals surface area contributed by atoms with Crippen LogP contribution in [0.3, 0.4) is 0 Å². The number of aliphatic carboxylic acids is 1. The summed E-state index contributed by atoms with van der Waals surface area (Å²) in [4.78, 5) is 23.4. The molecule has 0 heterocycles. The molecule has 1 aliphatic carbocycles. The minimum Gasteiger partial charge on any atom is -0.496 e. The second-order valence-electron chi connectivity index (χ2n) is 5.76. The Balaban J connectivity index is 2.04. The quantitative estimate of drug-likeness (QED) is 0.894. The van der Waals surface area contributed by atoms with Gasteiger partial charge in [-0.3, -0.25) is 9.59 Å². The van der Waals surface area contributed by atoms with Crippen LogP contribution in [0.5, 0.6) is 5.75 Å². The zero-order valence-corrected chi connectivity index (χ0v) is 12.6. The van der Waals surface area contributed by atoms with Crippen molar-refractivity contribution in [1.82, 2.24) is 0 Å². The molecular weight excluding hydrogens is 270 g/mol. The number of methoxy groups -OCH3 is 1. The first-order valence-electron chi connectivity index (χ1n) is 7.10. The fourth-order valence-electron chi connectivity index (χ4n) is 2.95. The summed E-state index contributed by atoms with van der Waals surface area (Å²) in [6, 6.07) is 5.48. The van der Waals surface area contributed by atoms with E-state index in [1.165, 1.54) is 0 Å². The van der Waals surface area contributed by atoms with E-state index in [0.29, 0.717) is 18.5 Å². The van der Waals surface area contributed by atoms with Gasteiger partial charge in [-0.05, 0) is 37.3 Å². The zero-order chi connectivity index (χ0) is 15.6. The molecule has 1 aromatic carbocycles. The monoisotopic (exact) mass is 291 g/mol. The van der Waals surface area contributed by atoms with Gasteiger partial charge in [0.1, 0.15) is 5.75 Å². The third-order valence-electron chi connectivity index (χ3n) is 4.25. The molecule has 21 heavy (non-hydrogen) atoms. The number of carbonyl (C=O) groups is 2. The number of nitrogens with one attached hydrogen (secondary N) is 1. The Labute approximate surface area is 124 Å². The fourth-order valence-corrected chi connectivity index (χ4v) is 2.95. The second-order valence-corrected chi connectivity index (χ2v) is 5.76. The van der Waals surface area contributed by atoms with Gasteiger partial charge in [-0.1, -0.05) is 13.0 Å². The van der Waals surface area contributed by atoms with Gasteiger partial charge in [0.25, 0.3) is 0 Å². The van der Waals surface area contributed by atoms with Gasteiger partial charge in [-0.25, -0.2) is 0 Å². The number of hydrogen-bond acceptors (Lipinski definition) is 3. The smallest absolute Gasteiger partial charge is 0.306 e. The van der Waals surface area contributed by atoms with Crippen LogP contribution in [0.1, 0.15) is 25.3 Å². The Morgan fingerprint density at radius 2 is 2.05 bits per heavy atom. The van der Waals surface area contributed by atoms with Crippen molar-refractivity contribution in [1.29, 1.82) is 0 Å². The first kappa shape index (κ1) is 15.4. The zero-order valence-electron chi connectivity index (χ0n) is 12.6. The predicted molar refractivity (Wildman–Crippen MR) is 79.4 cm³/mol. The predicted octanol–water partition coefficient (Wildman–Crippen LogP) is 2.69. The van der Waals surface area contributed by atoms with Crippen molar-refractivity contribution in [3.63, 3.8) is 0 Å². The first-order valence-corrected chi connectivity index (χ1v) is 7.10. The van der Waals surface area contributed by atoms with Crippen molar-refractivity contribution in [3.8, 4) is 5.75 Å². The van der Waals surface area contributed by atoms with Crippen molar-refractivity contribution in [2.45, 2.75) is 26.7 Å². The molecule has 3 atom stereocenters. The van der Waals surface area contributed by atoms with Crippen LogP contribution in [-0.2, 0) is 9.59 Å². The van der Waals surface area contributed by atoms with E-state index >= 15 is 0 Å². The molecule has 2 rings (SSSR count). The summed E-state index contributed by atoms with van der Waals surface area (Å²) in [6.45, 7) is 3.82. The lowest BCUT2D eigenvalue weighted by molar-refractivity contribution is -0.142. The van der Waals surface area contributed by atoms with Crippen LogP contribution in [0.4, 0.5) is 5.69 Å². The summed E-state index contributed by atoms with van der Waals surface area (Å²) < 4.78 is 5.23. The van der Waals surface area contributed by atoms with Gasteiger partial charge in [0.15, 0.2) is 0 Å². The van der Waals surface area contributed by atoms with E-state index in [-0.39, 0.29) is 17.7 Å². The number of ether oxygens (including phenoxy) is 1. The van der Waals surface area contributed by atoms with E-state index in [0.717, 1.165) is 11.3 Å². The SMILES string of the molecule is COc1cc(NC(=O)C2CC(C)C(C(=O)O)C2)ccc1C. The molecule has 1 aromatic rings. The molecule has 0 spiro atoms. The molecule has 0 radical (unpaired) electrons. The van der Waals surface area contributed by atoms with Crippen LogP contribution >= 0.6 is 0 Å². The molecular formula is C16H21NO4. The molecule has 2 N–H and O–H groups in total. The Kier molecular flexibility index (Phi) is 4.50. The van der Waals surface area contributed by atoms with Crippen LogP contribution in [-0.4, -0.2) is 24.1 Å². The highest BCUT2D eigenvalue weighted by Crippen LogP contribution is 2.37. The van der Waals surface area contributed by atoms with E-state index in [1.54, 1.807) is 13.2 Å². The second kappa shape index (κ2) is 6.16. The Hall–Kier alpha value is -2.04. The van der Waals surface area contributed by atoms with E-state index in [2.05, 4.69) is 5.32 Å².